The number of carbonyl (C=O) groups is 2. The molecule has 0 aliphatic carbocycles. The minimum Gasteiger partial charge on any atom is -0.493 e. The molecule has 0 radical (unpaired) electrons. The van der Waals surface area contributed by atoms with Gasteiger partial charge in [0.15, 0.2) is 5.78 Å². The zero-order chi connectivity index (χ0) is 17.5. The van der Waals surface area contributed by atoms with Crippen LogP contribution in [-0.4, -0.2) is 23.5 Å². The predicted molar refractivity (Wildman–Crippen MR) is 91.7 cm³/mol. The van der Waals surface area contributed by atoms with Crippen molar-refractivity contribution >= 4 is 33.8 Å². The lowest BCUT2D eigenvalue weighted by Gasteiger charge is -2.05. The Bertz CT molecular complexity index is 786. The predicted octanol–water partition coefficient (Wildman–Crippen LogP) is 4.34. The number of ketones is 1. The van der Waals surface area contributed by atoms with Gasteiger partial charge in [-0.2, -0.15) is 0 Å². The number of aliphatic carboxylic acids is 1. The molecule has 1 N–H and O–H groups in total. The fourth-order valence-electron chi connectivity index (χ4n) is 1.92. The highest BCUT2D eigenvalue weighted by Gasteiger charge is 2.08. The molecule has 2 aromatic carbocycles. The lowest BCUT2D eigenvalue weighted by molar-refractivity contribution is -0.137. The van der Waals surface area contributed by atoms with Crippen molar-refractivity contribution in [3.05, 3.63) is 70.0 Å². The molecule has 0 amide bonds. The van der Waals surface area contributed by atoms with E-state index in [2.05, 4.69) is 15.9 Å². The van der Waals surface area contributed by atoms with Gasteiger partial charge in [-0.1, -0.05) is 18.2 Å². The highest BCUT2D eigenvalue weighted by molar-refractivity contribution is 9.10. The molecule has 0 aliphatic heterocycles. The molecule has 2 aromatic rings. The first-order valence-electron chi connectivity index (χ1n) is 7.08. The van der Waals surface area contributed by atoms with Gasteiger partial charge in [0.2, 0.25) is 0 Å². The van der Waals surface area contributed by atoms with Crippen LogP contribution in [0.25, 0.3) is 6.08 Å². The molecular formula is C18H14BrFO4. The van der Waals surface area contributed by atoms with Gasteiger partial charge in [-0.25, -0.2) is 4.39 Å². The molecule has 0 unspecified atom stereocenters. The normalized spacial score (nSPS) is 10.8. The van der Waals surface area contributed by atoms with Crippen LogP contribution in [0, 0.1) is 5.82 Å². The van der Waals surface area contributed by atoms with Crippen LogP contribution in [0.15, 0.2) is 53.0 Å². The zero-order valence-corrected chi connectivity index (χ0v) is 14.1. The summed E-state index contributed by atoms with van der Waals surface area (Å²) in [5.41, 5.74) is 1.09. The second kappa shape index (κ2) is 8.40. The Hall–Kier alpha value is -2.47. The van der Waals surface area contributed by atoms with Crippen LogP contribution in [-0.2, 0) is 4.79 Å². The van der Waals surface area contributed by atoms with Crippen LogP contribution < -0.4 is 4.74 Å². The third-order valence-corrected chi connectivity index (χ3v) is 3.72. The first-order valence-corrected chi connectivity index (χ1v) is 7.87. The molecule has 0 spiro atoms. The van der Waals surface area contributed by atoms with Crippen molar-refractivity contribution < 1.29 is 23.8 Å². The average Bonchev–Trinajstić information content (AvgIpc) is 2.53. The Morgan fingerprint density at radius 1 is 1.21 bits per heavy atom. The Labute approximate surface area is 146 Å². The number of benzene rings is 2. The quantitative estimate of drug-likeness (QED) is 0.562. The van der Waals surface area contributed by atoms with E-state index >= 15 is 0 Å². The van der Waals surface area contributed by atoms with E-state index in [0.29, 0.717) is 15.8 Å². The minimum atomic E-state index is -0.929. The standard InChI is InChI=1S/C18H14BrFO4/c19-16-11-13(20)5-6-15(16)17(21)7-4-12-2-1-3-14(10-12)24-9-8-18(22)23/h1-7,10-11H,8-9H2,(H,22,23)/b7-4+. The van der Waals surface area contributed by atoms with Gasteiger partial charge in [-0.3, -0.25) is 9.59 Å². The Morgan fingerprint density at radius 2 is 2.00 bits per heavy atom. The SMILES string of the molecule is O=C(O)CCOc1cccc(/C=C/C(=O)c2ccc(F)cc2Br)c1. The summed E-state index contributed by atoms with van der Waals surface area (Å²) in [6.07, 6.45) is 2.91. The summed E-state index contributed by atoms with van der Waals surface area (Å²) in [7, 11) is 0. The van der Waals surface area contributed by atoms with E-state index in [1.807, 2.05) is 0 Å². The maximum atomic E-state index is 13.0. The van der Waals surface area contributed by atoms with Crippen LogP contribution in [0.3, 0.4) is 0 Å². The van der Waals surface area contributed by atoms with Crippen LogP contribution >= 0.6 is 15.9 Å². The summed E-state index contributed by atoms with van der Waals surface area (Å²) in [5.74, 6) is -1.09. The minimum absolute atomic E-state index is 0.0734. The molecule has 0 aromatic heterocycles. The molecule has 4 nitrogen and oxygen atoms in total. The highest BCUT2D eigenvalue weighted by atomic mass is 79.9. The largest absolute Gasteiger partial charge is 0.493 e. The first kappa shape index (κ1) is 17.9. The van der Waals surface area contributed by atoms with E-state index in [9.17, 15) is 14.0 Å². The summed E-state index contributed by atoms with van der Waals surface area (Å²) in [4.78, 5) is 22.6. The zero-order valence-electron chi connectivity index (χ0n) is 12.5. The molecule has 6 heteroatoms. The smallest absolute Gasteiger partial charge is 0.306 e. The molecule has 0 saturated carbocycles. The Balaban J connectivity index is 2.05. The summed E-state index contributed by atoms with van der Waals surface area (Å²) < 4.78 is 18.8. The highest BCUT2D eigenvalue weighted by Crippen LogP contribution is 2.20. The van der Waals surface area contributed by atoms with Crippen molar-refractivity contribution in [2.45, 2.75) is 6.42 Å². The number of carboxylic acids is 1. The molecule has 0 atom stereocenters. The number of ether oxygens (including phenoxy) is 1. The van der Waals surface area contributed by atoms with E-state index < -0.39 is 11.8 Å². The molecular weight excluding hydrogens is 379 g/mol. The van der Waals surface area contributed by atoms with Gasteiger partial charge in [0.05, 0.1) is 13.0 Å². The maximum absolute atomic E-state index is 13.0. The van der Waals surface area contributed by atoms with Crippen LogP contribution in [0.2, 0.25) is 0 Å². The second-order valence-electron chi connectivity index (χ2n) is 4.89. The molecule has 0 fully saturated rings. The second-order valence-corrected chi connectivity index (χ2v) is 5.74. The number of carbonyl (C=O) groups excluding carboxylic acids is 1. The first-order chi connectivity index (χ1) is 11.5. The van der Waals surface area contributed by atoms with Gasteiger partial charge in [-0.05, 0) is 57.9 Å². The van der Waals surface area contributed by atoms with E-state index in [1.54, 1.807) is 30.3 Å². The fourth-order valence-corrected chi connectivity index (χ4v) is 2.46. The number of allylic oxidation sites excluding steroid dienone is 1. The van der Waals surface area contributed by atoms with Gasteiger partial charge in [0.25, 0.3) is 0 Å². The van der Waals surface area contributed by atoms with Crippen molar-refractivity contribution in [1.82, 2.24) is 0 Å². The summed E-state index contributed by atoms with van der Waals surface area (Å²) in [6, 6.07) is 10.8. The van der Waals surface area contributed by atoms with E-state index in [0.717, 1.165) is 5.56 Å². The molecule has 0 heterocycles. The number of hydrogen-bond donors (Lipinski definition) is 1. The van der Waals surface area contributed by atoms with Crippen molar-refractivity contribution in [2.24, 2.45) is 0 Å². The van der Waals surface area contributed by atoms with Crippen molar-refractivity contribution in [3.63, 3.8) is 0 Å². The summed E-state index contributed by atoms with van der Waals surface area (Å²) in [6.45, 7) is 0.0734. The lowest BCUT2D eigenvalue weighted by atomic mass is 10.1. The van der Waals surface area contributed by atoms with Crippen LogP contribution in [0.5, 0.6) is 5.75 Å². The van der Waals surface area contributed by atoms with Crippen LogP contribution in [0.1, 0.15) is 22.3 Å². The van der Waals surface area contributed by atoms with Crippen molar-refractivity contribution in [3.8, 4) is 5.75 Å². The van der Waals surface area contributed by atoms with E-state index in [4.69, 9.17) is 9.84 Å². The van der Waals surface area contributed by atoms with Crippen LogP contribution in [0.4, 0.5) is 4.39 Å². The molecule has 124 valence electrons. The van der Waals surface area contributed by atoms with Crippen molar-refractivity contribution in [1.29, 1.82) is 0 Å². The van der Waals surface area contributed by atoms with Gasteiger partial charge < -0.3 is 9.84 Å². The van der Waals surface area contributed by atoms with Crippen molar-refractivity contribution in [2.75, 3.05) is 6.61 Å². The molecule has 0 aliphatic rings. The van der Waals surface area contributed by atoms with Gasteiger partial charge in [0, 0.05) is 10.0 Å². The maximum Gasteiger partial charge on any atom is 0.306 e. The summed E-state index contributed by atoms with van der Waals surface area (Å²) in [5, 5.41) is 8.58. The monoisotopic (exact) mass is 392 g/mol. The number of halogens is 2. The lowest BCUT2D eigenvalue weighted by Crippen LogP contribution is -2.04. The number of hydrogen-bond acceptors (Lipinski definition) is 3. The average molecular weight is 393 g/mol. The molecule has 24 heavy (non-hydrogen) atoms. The van der Waals surface area contributed by atoms with E-state index in [-0.39, 0.29) is 18.8 Å². The Morgan fingerprint density at radius 3 is 2.71 bits per heavy atom. The third kappa shape index (κ3) is 5.31. The topological polar surface area (TPSA) is 63.6 Å². The number of rotatable bonds is 7. The Kier molecular flexibility index (Phi) is 6.26. The van der Waals surface area contributed by atoms with Gasteiger partial charge in [0.1, 0.15) is 11.6 Å². The van der Waals surface area contributed by atoms with E-state index in [1.165, 1.54) is 24.3 Å². The summed E-state index contributed by atoms with van der Waals surface area (Å²) >= 11 is 3.16. The van der Waals surface area contributed by atoms with Gasteiger partial charge >= 0.3 is 5.97 Å². The fraction of sp³-hybridized carbons (Fsp3) is 0.111. The molecule has 0 bridgehead atoms. The molecule has 0 saturated heterocycles. The third-order valence-electron chi connectivity index (χ3n) is 3.07. The number of carboxylic acid groups (broad SMARTS) is 1. The molecule has 2 rings (SSSR count). The van der Waals surface area contributed by atoms with Gasteiger partial charge in [-0.15, -0.1) is 0 Å².